The monoisotopic (exact) mass is 285 g/mol. The number of amides is 1. The van der Waals surface area contributed by atoms with Crippen LogP contribution in [0.5, 0.6) is 0 Å². The molecule has 5 heteroatoms. The molecular weight excluding hydrogens is 266 g/mol. The maximum atomic E-state index is 12.4. The van der Waals surface area contributed by atoms with E-state index in [0.717, 1.165) is 11.3 Å². The summed E-state index contributed by atoms with van der Waals surface area (Å²) in [6.07, 6.45) is 1.66. The van der Waals surface area contributed by atoms with E-state index in [1.54, 1.807) is 25.4 Å². The lowest BCUT2D eigenvalue weighted by Gasteiger charge is -2.10. The van der Waals surface area contributed by atoms with Gasteiger partial charge in [-0.1, -0.05) is 12.1 Å². The van der Waals surface area contributed by atoms with Crippen LogP contribution in [0.15, 0.2) is 42.6 Å². The maximum absolute atomic E-state index is 12.4. The zero-order chi connectivity index (χ0) is 15.1. The lowest BCUT2D eigenvalue weighted by molar-refractivity contribution is 0.102. The molecule has 1 amide bonds. The molecule has 1 heterocycles. The van der Waals surface area contributed by atoms with Crippen LogP contribution in [-0.2, 0) is 11.3 Å². The molecule has 0 unspecified atom stereocenters. The molecule has 2 N–H and O–H groups in total. The molecule has 21 heavy (non-hydrogen) atoms. The van der Waals surface area contributed by atoms with Crippen molar-refractivity contribution in [3.05, 3.63) is 53.7 Å². The minimum absolute atomic E-state index is 0.186. The Morgan fingerprint density at radius 1 is 1.29 bits per heavy atom. The molecule has 0 aliphatic rings. The highest BCUT2D eigenvalue weighted by Gasteiger charge is 2.12. The number of benzene rings is 1. The Morgan fingerprint density at radius 2 is 2.14 bits per heavy atom. The van der Waals surface area contributed by atoms with Crippen LogP contribution in [0.3, 0.4) is 0 Å². The zero-order valence-electron chi connectivity index (χ0n) is 12.2. The number of rotatable bonds is 6. The van der Waals surface area contributed by atoms with Crippen molar-refractivity contribution in [2.75, 3.05) is 24.3 Å². The lowest BCUT2D eigenvalue weighted by Crippen LogP contribution is -2.15. The van der Waals surface area contributed by atoms with Crippen molar-refractivity contribution in [2.45, 2.75) is 13.5 Å². The average Bonchev–Trinajstić information content (AvgIpc) is 2.49. The number of carbonyl (C=O) groups excluding carboxylic acids is 1. The van der Waals surface area contributed by atoms with Crippen molar-refractivity contribution >= 4 is 17.4 Å². The molecule has 2 aromatic rings. The van der Waals surface area contributed by atoms with Gasteiger partial charge in [-0.15, -0.1) is 0 Å². The summed E-state index contributed by atoms with van der Waals surface area (Å²) < 4.78 is 5.09. The highest BCUT2D eigenvalue weighted by molar-refractivity contribution is 6.07. The van der Waals surface area contributed by atoms with Crippen LogP contribution in [-0.4, -0.2) is 24.5 Å². The summed E-state index contributed by atoms with van der Waals surface area (Å²) >= 11 is 0. The number of ether oxygens (including phenoxy) is 1. The molecule has 2 rings (SSSR count). The Hall–Kier alpha value is -2.40. The summed E-state index contributed by atoms with van der Waals surface area (Å²) in [5.74, 6) is 0.402. The standard InChI is InChI=1S/C16H19N3O2/c1-3-17-15-14(8-5-9-18-15)16(20)19-13-7-4-6-12(10-13)11-21-2/h4-10H,3,11H2,1-2H3,(H,17,18)(H,19,20). The number of nitrogens with zero attached hydrogens (tertiary/aromatic N) is 1. The van der Waals surface area contributed by atoms with E-state index in [1.807, 2.05) is 31.2 Å². The minimum atomic E-state index is -0.186. The second-order valence-electron chi connectivity index (χ2n) is 4.52. The first-order valence-corrected chi connectivity index (χ1v) is 6.82. The number of hydrogen-bond acceptors (Lipinski definition) is 4. The third-order valence-electron chi connectivity index (χ3n) is 2.89. The maximum Gasteiger partial charge on any atom is 0.259 e. The Bertz CT molecular complexity index is 614. The average molecular weight is 285 g/mol. The van der Waals surface area contributed by atoms with Gasteiger partial charge in [0.05, 0.1) is 12.2 Å². The Balaban J connectivity index is 2.16. The van der Waals surface area contributed by atoms with Crippen LogP contribution in [0.4, 0.5) is 11.5 Å². The number of pyridine rings is 1. The lowest BCUT2D eigenvalue weighted by atomic mass is 10.2. The van der Waals surface area contributed by atoms with Gasteiger partial charge >= 0.3 is 0 Å². The number of carbonyl (C=O) groups is 1. The van der Waals surface area contributed by atoms with Crippen molar-refractivity contribution in [1.29, 1.82) is 0 Å². The summed E-state index contributed by atoms with van der Waals surface area (Å²) in [6.45, 7) is 3.18. The van der Waals surface area contributed by atoms with E-state index in [0.29, 0.717) is 24.5 Å². The van der Waals surface area contributed by atoms with Gasteiger partial charge in [-0.2, -0.15) is 0 Å². The molecule has 5 nitrogen and oxygen atoms in total. The summed E-state index contributed by atoms with van der Waals surface area (Å²) in [5, 5.41) is 5.96. The van der Waals surface area contributed by atoms with E-state index in [2.05, 4.69) is 15.6 Å². The van der Waals surface area contributed by atoms with Crippen molar-refractivity contribution in [3.8, 4) is 0 Å². The van der Waals surface area contributed by atoms with Gasteiger partial charge in [0.25, 0.3) is 5.91 Å². The van der Waals surface area contributed by atoms with Gasteiger partial charge in [0.2, 0.25) is 0 Å². The predicted octanol–water partition coefficient (Wildman–Crippen LogP) is 2.91. The summed E-state index contributed by atoms with van der Waals surface area (Å²) in [6, 6.07) is 11.1. The largest absolute Gasteiger partial charge is 0.380 e. The van der Waals surface area contributed by atoms with Crippen LogP contribution in [0.1, 0.15) is 22.8 Å². The third kappa shape index (κ3) is 4.03. The molecule has 0 spiro atoms. The highest BCUT2D eigenvalue weighted by atomic mass is 16.5. The van der Waals surface area contributed by atoms with Crippen molar-refractivity contribution in [2.24, 2.45) is 0 Å². The van der Waals surface area contributed by atoms with E-state index < -0.39 is 0 Å². The first-order chi connectivity index (χ1) is 10.2. The first kappa shape index (κ1) is 15.0. The molecule has 1 aromatic carbocycles. The van der Waals surface area contributed by atoms with Crippen LogP contribution in [0.2, 0.25) is 0 Å². The predicted molar refractivity (Wildman–Crippen MR) is 83.5 cm³/mol. The molecule has 0 bridgehead atoms. The van der Waals surface area contributed by atoms with Gasteiger partial charge < -0.3 is 15.4 Å². The smallest absolute Gasteiger partial charge is 0.259 e. The summed E-state index contributed by atoms with van der Waals surface area (Å²) in [7, 11) is 1.64. The summed E-state index contributed by atoms with van der Waals surface area (Å²) in [4.78, 5) is 16.5. The molecule has 1 aromatic heterocycles. The zero-order valence-corrected chi connectivity index (χ0v) is 12.2. The third-order valence-corrected chi connectivity index (χ3v) is 2.89. The molecule has 0 saturated carbocycles. The van der Waals surface area contributed by atoms with E-state index in [1.165, 1.54) is 0 Å². The van der Waals surface area contributed by atoms with Gasteiger partial charge in [0.15, 0.2) is 0 Å². The Morgan fingerprint density at radius 3 is 2.90 bits per heavy atom. The highest BCUT2D eigenvalue weighted by Crippen LogP contribution is 2.16. The number of anilines is 2. The molecule has 0 atom stereocenters. The Labute approximate surface area is 124 Å². The number of hydrogen-bond donors (Lipinski definition) is 2. The number of methoxy groups -OCH3 is 1. The normalized spacial score (nSPS) is 10.2. The fraction of sp³-hybridized carbons (Fsp3) is 0.250. The van der Waals surface area contributed by atoms with Crippen molar-refractivity contribution < 1.29 is 9.53 Å². The van der Waals surface area contributed by atoms with Gasteiger partial charge in [0, 0.05) is 25.5 Å². The van der Waals surface area contributed by atoms with E-state index in [-0.39, 0.29) is 5.91 Å². The second kappa shape index (κ2) is 7.40. The van der Waals surface area contributed by atoms with Crippen LogP contribution in [0, 0.1) is 0 Å². The Kier molecular flexibility index (Phi) is 5.29. The number of nitrogens with one attached hydrogen (secondary N) is 2. The quantitative estimate of drug-likeness (QED) is 0.856. The molecule has 0 aliphatic heterocycles. The molecule has 0 saturated heterocycles. The van der Waals surface area contributed by atoms with Gasteiger partial charge in [-0.3, -0.25) is 4.79 Å². The molecular formula is C16H19N3O2. The summed E-state index contributed by atoms with van der Waals surface area (Å²) in [5.41, 5.74) is 2.27. The van der Waals surface area contributed by atoms with Crippen molar-refractivity contribution in [3.63, 3.8) is 0 Å². The van der Waals surface area contributed by atoms with E-state index in [9.17, 15) is 4.79 Å². The van der Waals surface area contributed by atoms with Crippen LogP contribution >= 0.6 is 0 Å². The topological polar surface area (TPSA) is 63.2 Å². The number of aromatic nitrogens is 1. The fourth-order valence-electron chi connectivity index (χ4n) is 2.00. The van der Waals surface area contributed by atoms with Crippen LogP contribution < -0.4 is 10.6 Å². The SMILES string of the molecule is CCNc1ncccc1C(=O)Nc1cccc(COC)c1. The second-order valence-corrected chi connectivity index (χ2v) is 4.52. The van der Waals surface area contributed by atoms with Crippen molar-refractivity contribution in [1.82, 2.24) is 4.98 Å². The first-order valence-electron chi connectivity index (χ1n) is 6.82. The van der Waals surface area contributed by atoms with Gasteiger partial charge in [-0.25, -0.2) is 4.98 Å². The van der Waals surface area contributed by atoms with Gasteiger partial charge in [-0.05, 0) is 36.8 Å². The van der Waals surface area contributed by atoms with E-state index in [4.69, 9.17) is 4.74 Å². The molecule has 0 aliphatic carbocycles. The molecule has 0 fully saturated rings. The molecule has 110 valence electrons. The fourth-order valence-corrected chi connectivity index (χ4v) is 2.00. The van der Waals surface area contributed by atoms with E-state index >= 15 is 0 Å². The minimum Gasteiger partial charge on any atom is -0.380 e. The van der Waals surface area contributed by atoms with Crippen LogP contribution in [0.25, 0.3) is 0 Å². The molecule has 0 radical (unpaired) electrons. The van der Waals surface area contributed by atoms with Gasteiger partial charge in [0.1, 0.15) is 5.82 Å².